The molecule has 5 heteroatoms. The summed E-state index contributed by atoms with van der Waals surface area (Å²) in [5.41, 5.74) is 0.0673. The topological polar surface area (TPSA) is 54.0 Å². The highest BCUT2D eigenvalue weighted by molar-refractivity contribution is 5.95. The molecule has 1 aromatic rings. The van der Waals surface area contributed by atoms with Crippen LogP contribution in [0.25, 0.3) is 0 Å². The second kappa shape index (κ2) is 6.68. The van der Waals surface area contributed by atoms with Gasteiger partial charge in [-0.1, -0.05) is 20.3 Å². The summed E-state index contributed by atoms with van der Waals surface area (Å²) in [6, 6.07) is 1.59. The van der Waals surface area contributed by atoms with E-state index in [-0.39, 0.29) is 23.3 Å². The minimum atomic E-state index is -0.566. The van der Waals surface area contributed by atoms with Crippen molar-refractivity contribution in [3.63, 3.8) is 0 Å². The van der Waals surface area contributed by atoms with Gasteiger partial charge in [0.1, 0.15) is 0 Å². The van der Waals surface area contributed by atoms with E-state index in [9.17, 15) is 9.18 Å². The van der Waals surface area contributed by atoms with E-state index in [1.54, 1.807) is 0 Å². The predicted molar refractivity (Wildman–Crippen MR) is 77.2 cm³/mol. The first kappa shape index (κ1) is 14.8. The summed E-state index contributed by atoms with van der Waals surface area (Å²) >= 11 is 0. The van der Waals surface area contributed by atoms with Crippen LogP contribution in [-0.4, -0.2) is 23.5 Å². The van der Waals surface area contributed by atoms with Gasteiger partial charge in [0, 0.05) is 18.8 Å². The van der Waals surface area contributed by atoms with Gasteiger partial charge in [0.2, 0.25) is 0 Å². The van der Waals surface area contributed by atoms with Gasteiger partial charge in [0.25, 0.3) is 5.91 Å². The third-order valence-corrected chi connectivity index (χ3v) is 3.85. The minimum Gasteiger partial charge on any atom is -0.368 e. The molecule has 20 heavy (non-hydrogen) atoms. The monoisotopic (exact) mass is 279 g/mol. The van der Waals surface area contributed by atoms with Gasteiger partial charge in [0.05, 0.1) is 5.56 Å². The maximum absolute atomic E-state index is 14.2. The molecular weight excluding hydrogens is 257 g/mol. The Morgan fingerprint density at radius 1 is 1.50 bits per heavy atom. The van der Waals surface area contributed by atoms with Crippen LogP contribution < -0.4 is 10.6 Å². The Bertz CT molecular complexity index is 478. The van der Waals surface area contributed by atoms with Gasteiger partial charge in [-0.2, -0.15) is 0 Å². The van der Waals surface area contributed by atoms with Crippen molar-refractivity contribution < 1.29 is 9.18 Å². The number of hydrogen-bond acceptors (Lipinski definition) is 3. The Kier molecular flexibility index (Phi) is 4.93. The maximum Gasteiger partial charge on any atom is 0.254 e. The number of nitrogens with zero attached hydrogens (tertiary/aromatic N) is 1. The molecule has 0 aromatic carbocycles. The largest absolute Gasteiger partial charge is 0.368 e. The fourth-order valence-corrected chi connectivity index (χ4v) is 2.59. The molecular formula is C15H22FN3O. The molecule has 2 atom stereocenters. The Labute approximate surface area is 119 Å². The summed E-state index contributed by atoms with van der Waals surface area (Å²) in [4.78, 5) is 16.1. The number of carbonyl (C=O) groups excluding carboxylic acids is 1. The van der Waals surface area contributed by atoms with Crippen molar-refractivity contribution in [2.75, 3.05) is 11.9 Å². The van der Waals surface area contributed by atoms with Gasteiger partial charge in [-0.3, -0.25) is 4.79 Å². The lowest BCUT2D eigenvalue weighted by atomic mass is 10.1. The van der Waals surface area contributed by atoms with Gasteiger partial charge < -0.3 is 10.6 Å². The molecule has 0 spiro atoms. The number of anilines is 1. The standard InChI is InChI=1S/C15H22FN3O/c1-3-8-17-14-13(16)11(7-9-18-14)15(20)19-12-6-4-5-10(12)2/h7,9-10,12H,3-6,8H2,1-2H3,(H,17,18)(H,19,20). The first-order chi connectivity index (χ1) is 9.63. The first-order valence-electron chi connectivity index (χ1n) is 7.32. The Hall–Kier alpha value is -1.65. The molecule has 1 aliphatic rings. The lowest BCUT2D eigenvalue weighted by molar-refractivity contribution is 0.0925. The predicted octanol–water partition coefficient (Wildman–Crippen LogP) is 2.96. The van der Waals surface area contributed by atoms with Crippen molar-refractivity contribution in [2.45, 2.75) is 45.6 Å². The molecule has 1 aromatic heterocycles. The molecule has 110 valence electrons. The van der Waals surface area contributed by atoms with Crippen molar-refractivity contribution >= 4 is 11.7 Å². The maximum atomic E-state index is 14.2. The molecule has 1 amide bonds. The van der Waals surface area contributed by atoms with Gasteiger partial charge >= 0.3 is 0 Å². The number of hydrogen-bond donors (Lipinski definition) is 2. The van der Waals surface area contributed by atoms with E-state index in [2.05, 4.69) is 22.5 Å². The van der Waals surface area contributed by atoms with Crippen LogP contribution in [0.3, 0.4) is 0 Å². The van der Waals surface area contributed by atoms with E-state index in [1.807, 2.05) is 6.92 Å². The zero-order valence-corrected chi connectivity index (χ0v) is 12.1. The summed E-state index contributed by atoms with van der Waals surface area (Å²) in [6.45, 7) is 4.74. The quantitative estimate of drug-likeness (QED) is 0.871. The number of amides is 1. The van der Waals surface area contributed by atoms with E-state index in [4.69, 9.17) is 0 Å². The van der Waals surface area contributed by atoms with Crippen molar-refractivity contribution in [2.24, 2.45) is 5.92 Å². The minimum absolute atomic E-state index is 0.0673. The summed E-state index contributed by atoms with van der Waals surface area (Å²) in [7, 11) is 0. The molecule has 2 N–H and O–H groups in total. The highest BCUT2D eigenvalue weighted by Crippen LogP contribution is 2.25. The molecule has 0 saturated heterocycles. The lowest BCUT2D eigenvalue weighted by Crippen LogP contribution is -2.37. The van der Waals surface area contributed by atoms with Gasteiger partial charge in [-0.05, 0) is 31.2 Å². The molecule has 0 radical (unpaired) electrons. The number of carbonyl (C=O) groups is 1. The van der Waals surface area contributed by atoms with Gasteiger partial charge in [0.15, 0.2) is 11.6 Å². The molecule has 0 aliphatic heterocycles. The molecule has 2 rings (SSSR count). The average Bonchev–Trinajstić information content (AvgIpc) is 2.83. The van der Waals surface area contributed by atoms with Crippen molar-refractivity contribution in [3.8, 4) is 0 Å². The molecule has 4 nitrogen and oxygen atoms in total. The van der Waals surface area contributed by atoms with E-state index >= 15 is 0 Å². The molecule has 1 fully saturated rings. The first-order valence-corrected chi connectivity index (χ1v) is 7.32. The summed E-state index contributed by atoms with van der Waals surface area (Å²) < 4.78 is 14.2. The smallest absolute Gasteiger partial charge is 0.254 e. The number of aromatic nitrogens is 1. The average molecular weight is 279 g/mol. The highest BCUT2D eigenvalue weighted by atomic mass is 19.1. The number of pyridine rings is 1. The van der Waals surface area contributed by atoms with E-state index in [1.165, 1.54) is 12.3 Å². The van der Waals surface area contributed by atoms with E-state index < -0.39 is 5.82 Å². The molecule has 1 heterocycles. The fraction of sp³-hybridized carbons (Fsp3) is 0.600. The van der Waals surface area contributed by atoms with Crippen molar-refractivity contribution in [3.05, 3.63) is 23.6 Å². The third-order valence-electron chi connectivity index (χ3n) is 3.85. The van der Waals surface area contributed by atoms with E-state index in [0.717, 1.165) is 25.7 Å². The number of rotatable bonds is 5. The number of halogens is 1. The molecule has 1 aliphatic carbocycles. The van der Waals surface area contributed by atoms with Gasteiger partial charge in [-0.15, -0.1) is 0 Å². The third kappa shape index (κ3) is 3.26. The Morgan fingerprint density at radius 2 is 2.30 bits per heavy atom. The van der Waals surface area contributed by atoms with Crippen LogP contribution in [0.1, 0.15) is 49.9 Å². The molecule has 2 unspecified atom stereocenters. The van der Waals surface area contributed by atoms with Crippen LogP contribution in [0.4, 0.5) is 10.2 Å². The number of nitrogens with one attached hydrogen (secondary N) is 2. The Balaban J connectivity index is 2.09. The summed E-state index contributed by atoms with van der Waals surface area (Å²) in [5.74, 6) is -0.298. The Morgan fingerprint density at radius 3 is 2.95 bits per heavy atom. The van der Waals surface area contributed by atoms with Crippen LogP contribution in [-0.2, 0) is 0 Å². The SMILES string of the molecule is CCCNc1nccc(C(=O)NC2CCCC2C)c1F. The van der Waals surface area contributed by atoms with Crippen LogP contribution in [0.5, 0.6) is 0 Å². The normalized spacial score (nSPS) is 21.8. The van der Waals surface area contributed by atoms with Crippen LogP contribution in [0, 0.1) is 11.7 Å². The summed E-state index contributed by atoms with van der Waals surface area (Å²) in [6.07, 6.45) is 5.55. The lowest BCUT2D eigenvalue weighted by Gasteiger charge is -2.17. The van der Waals surface area contributed by atoms with E-state index in [0.29, 0.717) is 12.5 Å². The van der Waals surface area contributed by atoms with Crippen LogP contribution >= 0.6 is 0 Å². The van der Waals surface area contributed by atoms with Gasteiger partial charge in [-0.25, -0.2) is 9.37 Å². The second-order valence-electron chi connectivity index (χ2n) is 5.44. The zero-order chi connectivity index (χ0) is 14.5. The fourth-order valence-electron chi connectivity index (χ4n) is 2.59. The van der Waals surface area contributed by atoms with Crippen LogP contribution in [0.2, 0.25) is 0 Å². The zero-order valence-electron chi connectivity index (χ0n) is 12.1. The molecule has 1 saturated carbocycles. The van der Waals surface area contributed by atoms with Crippen molar-refractivity contribution in [1.29, 1.82) is 0 Å². The highest BCUT2D eigenvalue weighted by Gasteiger charge is 2.26. The summed E-state index contributed by atoms with van der Waals surface area (Å²) in [5, 5.41) is 5.83. The molecule has 0 bridgehead atoms. The van der Waals surface area contributed by atoms with Crippen LogP contribution in [0.15, 0.2) is 12.3 Å². The van der Waals surface area contributed by atoms with Crippen molar-refractivity contribution in [1.82, 2.24) is 10.3 Å². The second-order valence-corrected chi connectivity index (χ2v) is 5.44.